The molecule has 0 aliphatic carbocycles. The molecule has 1 saturated heterocycles. The first-order chi connectivity index (χ1) is 17.1. The van der Waals surface area contributed by atoms with Crippen LogP contribution < -0.4 is 0 Å². The van der Waals surface area contributed by atoms with Crippen LogP contribution >= 0.6 is 0 Å². The summed E-state index contributed by atoms with van der Waals surface area (Å²) in [4.78, 5) is 11.3. The van der Waals surface area contributed by atoms with Crippen molar-refractivity contribution < 1.29 is 24.1 Å². The first kappa shape index (κ1) is 29.3. The lowest BCUT2D eigenvalue weighted by Crippen LogP contribution is -2.27. The Labute approximate surface area is 212 Å². The fourth-order valence-corrected chi connectivity index (χ4v) is 4.36. The molecule has 1 aliphatic heterocycles. The van der Waals surface area contributed by atoms with Gasteiger partial charge in [-0.2, -0.15) is 0 Å². The Hall–Kier alpha value is -1.95. The van der Waals surface area contributed by atoms with E-state index in [1.54, 1.807) is 0 Å². The maximum atomic E-state index is 11.3. The van der Waals surface area contributed by atoms with Gasteiger partial charge in [-0.15, -0.1) is 0 Å². The number of carbonyl (C=O) groups excluding carboxylic acids is 1. The predicted molar refractivity (Wildman–Crippen MR) is 142 cm³/mol. The number of hydrogen-bond donors (Lipinski definition) is 1. The molecule has 35 heavy (non-hydrogen) atoms. The van der Waals surface area contributed by atoms with Gasteiger partial charge in [0.25, 0.3) is 0 Å². The molecule has 0 bridgehead atoms. The number of esters is 1. The van der Waals surface area contributed by atoms with Gasteiger partial charge in [0, 0.05) is 13.0 Å². The molecule has 3 unspecified atom stereocenters. The van der Waals surface area contributed by atoms with E-state index in [4.69, 9.17) is 9.47 Å². The summed E-state index contributed by atoms with van der Waals surface area (Å²) in [6.45, 7) is 3.04. The summed E-state index contributed by atoms with van der Waals surface area (Å²) in [6.07, 6.45) is 20.9. The Morgan fingerprint density at radius 3 is 2.66 bits per heavy atom. The molecule has 0 radical (unpaired) electrons. The van der Waals surface area contributed by atoms with Crippen LogP contribution in [-0.4, -0.2) is 37.2 Å². The smallest absolute Gasteiger partial charge is 0.305 e. The van der Waals surface area contributed by atoms with Crippen LogP contribution in [-0.2, 0) is 19.0 Å². The summed E-state index contributed by atoms with van der Waals surface area (Å²) >= 11 is 0. The monoisotopic (exact) mass is 486 g/mol. The van der Waals surface area contributed by atoms with Crippen molar-refractivity contribution in [2.75, 3.05) is 13.7 Å². The molecule has 5 heteroatoms. The van der Waals surface area contributed by atoms with Gasteiger partial charge in [-0.3, -0.25) is 4.79 Å². The molecule has 1 heterocycles. The highest BCUT2D eigenvalue weighted by atomic mass is 16.7. The predicted octanol–water partition coefficient (Wildman–Crippen LogP) is 7.30. The molecule has 5 nitrogen and oxygen atoms in total. The molecule has 1 fully saturated rings. The van der Waals surface area contributed by atoms with Gasteiger partial charge in [-0.05, 0) is 49.7 Å². The van der Waals surface area contributed by atoms with Crippen molar-refractivity contribution in [3.8, 4) is 0 Å². The third-order valence-electron chi connectivity index (χ3n) is 6.46. The van der Waals surface area contributed by atoms with Gasteiger partial charge in [0.2, 0.25) is 0 Å². The Balaban J connectivity index is 1.92. The zero-order chi connectivity index (χ0) is 25.1. The average molecular weight is 487 g/mol. The minimum Gasteiger partial charge on any atom is -0.469 e. The summed E-state index contributed by atoms with van der Waals surface area (Å²) in [5, 5.41) is 10.7. The second kappa shape index (κ2) is 18.3. The van der Waals surface area contributed by atoms with Gasteiger partial charge < -0.3 is 19.3 Å². The van der Waals surface area contributed by atoms with Gasteiger partial charge in [0.15, 0.2) is 6.29 Å². The maximum Gasteiger partial charge on any atom is 0.305 e. The summed E-state index contributed by atoms with van der Waals surface area (Å²) in [5.41, 5.74) is 1.85. The highest BCUT2D eigenvalue weighted by Gasteiger charge is 2.18. The molecule has 3 atom stereocenters. The van der Waals surface area contributed by atoms with Crippen LogP contribution in [0.3, 0.4) is 0 Å². The minimum absolute atomic E-state index is 0.0491. The lowest BCUT2D eigenvalue weighted by atomic mass is 9.98. The summed E-state index contributed by atoms with van der Waals surface area (Å²) in [7, 11) is 1.39. The molecule has 1 aliphatic rings. The number of aliphatic hydroxyl groups is 1. The average Bonchev–Trinajstić information content (AvgIpc) is 2.89. The second-order valence-electron chi connectivity index (χ2n) is 9.38. The largest absolute Gasteiger partial charge is 0.469 e. The highest BCUT2D eigenvalue weighted by Crippen LogP contribution is 2.24. The van der Waals surface area contributed by atoms with E-state index < -0.39 is 6.10 Å². The third-order valence-corrected chi connectivity index (χ3v) is 6.46. The molecule has 196 valence electrons. The molecule has 0 saturated carbocycles. The number of unbranched alkanes of at least 4 members (excludes halogenated alkanes) is 5. The Morgan fingerprint density at radius 1 is 1.09 bits per heavy atom. The molecule has 0 amide bonds. The number of benzene rings is 1. The standard InChI is InChI=1S/C30H46O5/c1-3-4-5-6-7-8-18-26(35-30-23-13-14-24-34-30)19-11-9-16-25-17-10-12-20-27(25)28(31)21-15-22-29(32)33-2/h9-12,16-17,19-20,26,28,30-31H,3-8,13-15,18,21-24H2,1-2H3/b16-9+,19-11+. The molecule has 1 N–H and O–H groups in total. The Kier molecular flexibility index (Phi) is 15.3. The van der Waals surface area contributed by atoms with E-state index in [9.17, 15) is 9.90 Å². The van der Waals surface area contributed by atoms with Crippen molar-refractivity contribution in [3.05, 3.63) is 53.6 Å². The second-order valence-corrected chi connectivity index (χ2v) is 9.38. The van der Waals surface area contributed by atoms with Crippen molar-refractivity contribution in [2.45, 2.75) is 109 Å². The van der Waals surface area contributed by atoms with Gasteiger partial charge in [-0.25, -0.2) is 0 Å². The minimum atomic E-state index is -0.614. The van der Waals surface area contributed by atoms with Crippen molar-refractivity contribution in [2.24, 2.45) is 0 Å². The van der Waals surface area contributed by atoms with Crippen LogP contribution in [0.1, 0.15) is 108 Å². The van der Waals surface area contributed by atoms with Crippen molar-refractivity contribution in [1.29, 1.82) is 0 Å². The first-order valence-electron chi connectivity index (χ1n) is 13.6. The molecule has 1 aromatic carbocycles. The molecular formula is C30H46O5. The number of carbonyl (C=O) groups is 1. The van der Waals surface area contributed by atoms with E-state index in [1.165, 1.54) is 39.2 Å². The Bertz CT molecular complexity index is 751. The van der Waals surface area contributed by atoms with Crippen LogP contribution in [0.15, 0.2) is 42.5 Å². The molecule has 0 aromatic heterocycles. The van der Waals surface area contributed by atoms with Gasteiger partial charge in [0.1, 0.15) is 0 Å². The summed E-state index contributed by atoms with van der Waals surface area (Å²) in [5.74, 6) is -0.244. The Morgan fingerprint density at radius 2 is 1.89 bits per heavy atom. The molecule has 1 aromatic rings. The third kappa shape index (κ3) is 12.5. The quantitative estimate of drug-likeness (QED) is 0.142. The zero-order valence-corrected chi connectivity index (χ0v) is 21.8. The normalized spacial score (nSPS) is 18.2. The maximum absolute atomic E-state index is 11.3. The number of hydrogen-bond acceptors (Lipinski definition) is 5. The van der Waals surface area contributed by atoms with E-state index in [0.717, 1.165) is 49.8 Å². The number of methoxy groups -OCH3 is 1. The van der Waals surface area contributed by atoms with E-state index in [1.807, 2.05) is 42.5 Å². The van der Waals surface area contributed by atoms with E-state index in [-0.39, 0.29) is 18.4 Å². The number of rotatable bonds is 17. The van der Waals surface area contributed by atoms with Crippen LogP contribution in [0, 0.1) is 0 Å². The van der Waals surface area contributed by atoms with Crippen LogP contribution in [0.4, 0.5) is 0 Å². The first-order valence-corrected chi connectivity index (χ1v) is 13.6. The zero-order valence-electron chi connectivity index (χ0n) is 21.8. The number of ether oxygens (including phenoxy) is 3. The van der Waals surface area contributed by atoms with Gasteiger partial charge in [-0.1, -0.05) is 94.0 Å². The van der Waals surface area contributed by atoms with E-state index >= 15 is 0 Å². The fraction of sp³-hybridized carbons (Fsp3) is 0.633. The molecular weight excluding hydrogens is 440 g/mol. The molecule has 2 rings (SSSR count). The van der Waals surface area contributed by atoms with E-state index in [0.29, 0.717) is 19.3 Å². The van der Waals surface area contributed by atoms with Crippen molar-refractivity contribution in [3.63, 3.8) is 0 Å². The van der Waals surface area contributed by atoms with Crippen LogP contribution in [0.25, 0.3) is 6.08 Å². The lowest BCUT2D eigenvalue weighted by Gasteiger charge is -2.26. The van der Waals surface area contributed by atoms with Crippen LogP contribution in [0.2, 0.25) is 0 Å². The van der Waals surface area contributed by atoms with E-state index in [2.05, 4.69) is 17.7 Å². The van der Waals surface area contributed by atoms with Crippen LogP contribution in [0.5, 0.6) is 0 Å². The van der Waals surface area contributed by atoms with Crippen molar-refractivity contribution >= 4 is 12.0 Å². The topological polar surface area (TPSA) is 65.0 Å². The highest BCUT2D eigenvalue weighted by molar-refractivity contribution is 5.69. The number of aliphatic hydroxyl groups excluding tert-OH is 1. The van der Waals surface area contributed by atoms with Gasteiger partial charge in [0.05, 0.1) is 19.3 Å². The van der Waals surface area contributed by atoms with Crippen molar-refractivity contribution in [1.82, 2.24) is 0 Å². The fourth-order valence-electron chi connectivity index (χ4n) is 4.36. The molecule has 0 spiro atoms. The van der Waals surface area contributed by atoms with Gasteiger partial charge >= 0.3 is 5.97 Å². The summed E-state index contributed by atoms with van der Waals surface area (Å²) < 4.78 is 16.8. The SMILES string of the molecule is CCCCCCCCC(/C=C/C=C/c1ccccc1C(O)CCCC(=O)OC)OC1CCCCO1. The summed E-state index contributed by atoms with van der Waals surface area (Å²) in [6, 6.07) is 7.85. The number of allylic oxidation sites excluding steroid dienone is 2. The lowest BCUT2D eigenvalue weighted by molar-refractivity contribution is -0.179.